The predicted octanol–water partition coefficient (Wildman–Crippen LogP) is 2.44. The first-order valence-electron chi connectivity index (χ1n) is 7.90. The fraction of sp³-hybridized carbons (Fsp3) is 0.562. The third kappa shape index (κ3) is 5.02. The smallest absolute Gasteiger partial charge is 0.317 e. The summed E-state index contributed by atoms with van der Waals surface area (Å²) in [4.78, 5) is 14.2. The first-order chi connectivity index (χ1) is 10.6. The van der Waals surface area contributed by atoms with Crippen molar-refractivity contribution in [3.63, 3.8) is 0 Å². The minimum atomic E-state index is -3.33. The lowest BCUT2D eigenvalue weighted by Crippen LogP contribution is -2.43. The van der Waals surface area contributed by atoms with Gasteiger partial charge in [-0.05, 0) is 25.0 Å². The zero-order valence-corrected chi connectivity index (χ0v) is 13.6. The molecule has 0 atom stereocenters. The molecule has 1 saturated heterocycles. The molecule has 0 unspecified atom stereocenters. The van der Waals surface area contributed by atoms with Crippen molar-refractivity contribution in [2.24, 2.45) is 0 Å². The maximum atomic E-state index is 12.1. The highest BCUT2D eigenvalue weighted by Crippen LogP contribution is 2.11. The van der Waals surface area contributed by atoms with Gasteiger partial charge in [0, 0.05) is 19.6 Å². The lowest BCUT2D eigenvalue weighted by Gasteiger charge is -2.25. The molecule has 122 valence electrons. The van der Waals surface area contributed by atoms with Gasteiger partial charge in [-0.25, -0.2) is 13.2 Å². The molecule has 1 N–H and O–H groups in total. The van der Waals surface area contributed by atoms with Crippen molar-refractivity contribution in [1.29, 1.82) is 0 Å². The average molecular weight is 324 g/mol. The Hall–Kier alpha value is -1.56. The van der Waals surface area contributed by atoms with Crippen LogP contribution in [0.3, 0.4) is 0 Å². The summed E-state index contributed by atoms with van der Waals surface area (Å²) in [5.41, 5.74) is 0. The Morgan fingerprint density at radius 3 is 2.23 bits per heavy atom. The summed E-state index contributed by atoms with van der Waals surface area (Å²) >= 11 is 0. The normalized spacial score (nSPS) is 16.6. The van der Waals surface area contributed by atoms with Gasteiger partial charge >= 0.3 is 6.03 Å². The van der Waals surface area contributed by atoms with Crippen molar-refractivity contribution in [3.8, 4) is 0 Å². The molecule has 6 heteroatoms. The van der Waals surface area contributed by atoms with E-state index in [-0.39, 0.29) is 18.3 Å². The number of sulfone groups is 1. The largest absolute Gasteiger partial charge is 0.337 e. The van der Waals surface area contributed by atoms with Gasteiger partial charge in [-0.1, -0.05) is 37.5 Å². The highest BCUT2D eigenvalue weighted by molar-refractivity contribution is 7.91. The second-order valence-corrected chi connectivity index (χ2v) is 7.73. The summed E-state index contributed by atoms with van der Waals surface area (Å²) < 4.78 is 24.3. The summed E-state index contributed by atoms with van der Waals surface area (Å²) in [6, 6.07) is 8.19. The summed E-state index contributed by atoms with van der Waals surface area (Å²) in [6.07, 6.45) is 5.61. The first-order valence-corrected chi connectivity index (χ1v) is 9.55. The average Bonchev–Trinajstić information content (AvgIpc) is 2.47. The van der Waals surface area contributed by atoms with Gasteiger partial charge < -0.3 is 10.2 Å². The SMILES string of the molecule is O=C(NCCS(=O)(=O)c1ccccc1)N1CCCCCCC1. The molecule has 0 spiro atoms. The van der Waals surface area contributed by atoms with E-state index in [1.807, 2.05) is 0 Å². The van der Waals surface area contributed by atoms with Crippen LogP contribution >= 0.6 is 0 Å². The molecule has 0 bridgehead atoms. The standard InChI is InChI=1S/C16H24N2O3S/c19-16(18-12-7-2-1-3-8-13-18)17-11-14-22(20,21)15-9-5-4-6-10-15/h4-6,9-10H,1-3,7-8,11-14H2,(H,17,19). The molecule has 1 aromatic rings. The number of rotatable bonds is 4. The number of hydrogen-bond acceptors (Lipinski definition) is 3. The highest BCUT2D eigenvalue weighted by Gasteiger charge is 2.17. The minimum absolute atomic E-state index is 0.0728. The number of urea groups is 1. The Labute approximate surface area is 132 Å². The van der Waals surface area contributed by atoms with E-state index in [1.54, 1.807) is 35.2 Å². The van der Waals surface area contributed by atoms with E-state index in [4.69, 9.17) is 0 Å². The molecule has 0 radical (unpaired) electrons. The molecule has 2 rings (SSSR count). The van der Waals surface area contributed by atoms with Crippen molar-refractivity contribution in [2.75, 3.05) is 25.4 Å². The maximum Gasteiger partial charge on any atom is 0.317 e. The third-order valence-electron chi connectivity index (χ3n) is 3.89. The van der Waals surface area contributed by atoms with Gasteiger partial charge in [-0.2, -0.15) is 0 Å². The topological polar surface area (TPSA) is 66.5 Å². The Balaban J connectivity index is 1.81. The molecule has 1 aliphatic rings. The molecule has 5 nitrogen and oxygen atoms in total. The van der Waals surface area contributed by atoms with Crippen LogP contribution in [-0.4, -0.2) is 44.7 Å². The molecule has 2 amide bonds. The number of amides is 2. The number of carbonyl (C=O) groups is 1. The van der Waals surface area contributed by atoms with Crippen LogP contribution < -0.4 is 5.32 Å². The first kappa shape index (κ1) is 16.8. The summed E-state index contributed by atoms with van der Waals surface area (Å²) in [5, 5.41) is 2.73. The van der Waals surface area contributed by atoms with Crippen molar-refractivity contribution < 1.29 is 13.2 Å². The van der Waals surface area contributed by atoms with E-state index in [0.29, 0.717) is 4.90 Å². The summed E-state index contributed by atoms with van der Waals surface area (Å²) in [6.45, 7) is 1.67. The quantitative estimate of drug-likeness (QED) is 0.925. The van der Waals surface area contributed by atoms with Crippen molar-refractivity contribution >= 4 is 15.9 Å². The van der Waals surface area contributed by atoms with E-state index in [1.165, 1.54) is 6.42 Å². The second kappa shape index (κ2) is 8.17. The van der Waals surface area contributed by atoms with Crippen LogP contribution in [0, 0.1) is 0 Å². The number of nitrogens with one attached hydrogen (secondary N) is 1. The highest BCUT2D eigenvalue weighted by atomic mass is 32.2. The molecule has 22 heavy (non-hydrogen) atoms. The van der Waals surface area contributed by atoms with Crippen LogP contribution in [-0.2, 0) is 9.84 Å². The number of nitrogens with zero attached hydrogens (tertiary/aromatic N) is 1. The fourth-order valence-electron chi connectivity index (χ4n) is 2.60. The molecule has 0 saturated carbocycles. The Morgan fingerprint density at radius 1 is 1.00 bits per heavy atom. The molecular weight excluding hydrogens is 300 g/mol. The van der Waals surface area contributed by atoms with E-state index in [0.717, 1.165) is 38.8 Å². The zero-order valence-electron chi connectivity index (χ0n) is 12.8. The van der Waals surface area contributed by atoms with Crippen molar-refractivity contribution in [3.05, 3.63) is 30.3 Å². The van der Waals surface area contributed by atoms with Gasteiger partial charge in [0.25, 0.3) is 0 Å². The van der Waals surface area contributed by atoms with Crippen LogP contribution in [0.2, 0.25) is 0 Å². The summed E-state index contributed by atoms with van der Waals surface area (Å²) in [7, 11) is -3.33. The Bertz CT molecular complexity index is 564. The zero-order chi connectivity index (χ0) is 15.8. The molecule has 1 heterocycles. The molecule has 1 aliphatic heterocycles. The molecule has 0 aromatic heterocycles. The van der Waals surface area contributed by atoms with Crippen LogP contribution in [0.15, 0.2) is 35.2 Å². The summed E-state index contributed by atoms with van der Waals surface area (Å²) in [5.74, 6) is -0.0728. The molecule has 1 aromatic carbocycles. The van der Waals surface area contributed by atoms with E-state index >= 15 is 0 Å². The van der Waals surface area contributed by atoms with E-state index < -0.39 is 9.84 Å². The van der Waals surface area contributed by atoms with Crippen LogP contribution in [0.1, 0.15) is 32.1 Å². The third-order valence-corrected chi connectivity index (χ3v) is 5.62. The number of hydrogen-bond donors (Lipinski definition) is 1. The van der Waals surface area contributed by atoms with E-state index in [2.05, 4.69) is 5.32 Å². The van der Waals surface area contributed by atoms with Crippen molar-refractivity contribution in [1.82, 2.24) is 10.2 Å². The number of benzene rings is 1. The predicted molar refractivity (Wildman–Crippen MR) is 86.6 cm³/mol. The van der Waals surface area contributed by atoms with Crippen molar-refractivity contribution in [2.45, 2.75) is 37.0 Å². The Kier molecular flexibility index (Phi) is 6.24. The molecule has 1 fully saturated rings. The maximum absolute atomic E-state index is 12.1. The van der Waals surface area contributed by atoms with Crippen LogP contribution in [0.4, 0.5) is 4.79 Å². The van der Waals surface area contributed by atoms with Crippen LogP contribution in [0.25, 0.3) is 0 Å². The van der Waals surface area contributed by atoms with Gasteiger partial charge in [-0.3, -0.25) is 0 Å². The fourth-order valence-corrected chi connectivity index (χ4v) is 3.78. The monoisotopic (exact) mass is 324 g/mol. The van der Waals surface area contributed by atoms with Gasteiger partial charge in [0.1, 0.15) is 0 Å². The lowest BCUT2D eigenvalue weighted by molar-refractivity contribution is 0.193. The van der Waals surface area contributed by atoms with Gasteiger partial charge in [0.2, 0.25) is 0 Å². The number of likely N-dealkylation sites (tertiary alicyclic amines) is 1. The molecule has 0 aliphatic carbocycles. The van der Waals surface area contributed by atoms with Gasteiger partial charge in [0.05, 0.1) is 10.6 Å². The number of carbonyl (C=O) groups excluding carboxylic acids is 1. The minimum Gasteiger partial charge on any atom is -0.337 e. The van der Waals surface area contributed by atoms with E-state index in [9.17, 15) is 13.2 Å². The van der Waals surface area contributed by atoms with Gasteiger partial charge in [0.15, 0.2) is 9.84 Å². The molecular formula is C16H24N2O3S. The lowest BCUT2D eigenvalue weighted by atomic mass is 10.1. The second-order valence-electron chi connectivity index (χ2n) is 5.62. The van der Waals surface area contributed by atoms with Gasteiger partial charge in [-0.15, -0.1) is 0 Å². The Morgan fingerprint density at radius 2 is 1.59 bits per heavy atom. The van der Waals surface area contributed by atoms with Crippen LogP contribution in [0.5, 0.6) is 0 Å².